The molecule has 0 aliphatic carbocycles. The first kappa shape index (κ1) is 16.7. The third kappa shape index (κ3) is 3.53. The number of aromatic hydroxyl groups is 2. The summed E-state index contributed by atoms with van der Waals surface area (Å²) in [6, 6.07) is 12.3. The summed E-state index contributed by atoms with van der Waals surface area (Å²) in [6.45, 7) is 0. The van der Waals surface area contributed by atoms with E-state index in [2.05, 4.69) is 15.3 Å². The summed E-state index contributed by atoms with van der Waals surface area (Å²) in [6.07, 6.45) is 1.53. The molecule has 0 saturated carbocycles. The number of phenolic OH excluding ortho intramolecular Hbond substituents is 2. The summed E-state index contributed by atoms with van der Waals surface area (Å²) in [7, 11) is 3.95. The van der Waals surface area contributed by atoms with E-state index in [1.165, 1.54) is 23.0 Å². The normalized spacial score (nSPS) is 11.1. The van der Waals surface area contributed by atoms with E-state index in [4.69, 9.17) is 12.2 Å². The van der Waals surface area contributed by atoms with E-state index in [0.717, 1.165) is 11.3 Å². The van der Waals surface area contributed by atoms with Gasteiger partial charge in [0.1, 0.15) is 0 Å². The Labute approximate surface area is 149 Å². The molecule has 0 bridgehead atoms. The smallest absolute Gasteiger partial charge is 0.216 e. The van der Waals surface area contributed by atoms with Gasteiger partial charge in [0, 0.05) is 25.3 Å². The standard InChI is InChI=1S/C17H17N5O2S/c1-21(2)13-6-4-12(5-7-13)16-19-20-17(25)22(16)18-10-11-3-8-14(23)15(24)9-11/h3-10,23-24H,1-2H3,(H,20,25)/b18-10+. The minimum Gasteiger partial charge on any atom is -0.504 e. The zero-order chi connectivity index (χ0) is 18.0. The van der Waals surface area contributed by atoms with Crippen LogP contribution in [0.4, 0.5) is 5.69 Å². The highest BCUT2D eigenvalue weighted by atomic mass is 32.1. The van der Waals surface area contributed by atoms with Gasteiger partial charge < -0.3 is 15.1 Å². The van der Waals surface area contributed by atoms with Gasteiger partial charge in [-0.3, -0.25) is 0 Å². The molecule has 7 nitrogen and oxygen atoms in total. The number of nitrogens with zero attached hydrogens (tertiary/aromatic N) is 4. The van der Waals surface area contributed by atoms with E-state index in [0.29, 0.717) is 16.2 Å². The molecule has 8 heteroatoms. The van der Waals surface area contributed by atoms with Gasteiger partial charge in [-0.2, -0.15) is 14.9 Å². The SMILES string of the molecule is CN(C)c1ccc(-c2n[nH]c(=S)n2/N=C/c2ccc(O)c(O)c2)cc1. The molecule has 1 aromatic heterocycles. The Morgan fingerprint density at radius 3 is 2.48 bits per heavy atom. The van der Waals surface area contributed by atoms with Crippen molar-refractivity contribution in [3.05, 3.63) is 52.8 Å². The van der Waals surface area contributed by atoms with Crippen molar-refractivity contribution in [2.75, 3.05) is 19.0 Å². The highest BCUT2D eigenvalue weighted by molar-refractivity contribution is 7.71. The molecule has 0 atom stereocenters. The third-order valence-corrected chi connectivity index (χ3v) is 3.88. The van der Waals surface area contributed by atoms with Crippen molar-refractivity contribution in [2.45, 2.75) is 0 Å². The Balaban J connectivity index is 1.95. The maximum Gasteiger partial charge on any atom is 0.216 e. The maximum atomic E-state index is 9.55. The topological polar surface area (TPSA) is 89.7 Å². The number of anilines is 1. The first-order chi connectivity index (χ1) is 12.0. The molecule has 1 heterocycles. The second kappa shape index (κ2) is 6.78. The molecule has 0 aliphatic heterocycles. The van der Waals surface area contributed by atoms with Crippen LogP contribution in [0, 0.1) is 4.77 Å². The summed E-state index contributed by atoms with van der Waals surface area (Å²) in [5.41, 5.74) is 2.56. The quantitative estimate of drug-likeness (QED) is 0.380. The molecule has 0 amide bonds. The molecule has 2 aromatic carbocycles. The van der Waals surface area contributed by atoms with Crippen LogP contribution < -0.4 is 4.90 Å². The number of nitrogens with one attached hydrogen (secondary N) is 1. The summed E-state index contributed by atoms with van der Waals surface area (Å²) in [5, 5.41) is 30.2. The number of hydrogen-bond acceptors (Lipinski definition) is 6. The zero-order valence-corrected chi connectivity index (χ0v) is 14.5. The first-order valence-electron chi connectivity index (χ1n) is 7.47. The number of benzene rings is 2. The molecule has 128 valence electrons. The summed E-state index contributed by atoms with van der Waals surface area (Å²) < 4.78 is 1.86. The zero-order valence-electron chi connectivity index (χ0n) is 13.7. The molecule has 3 N–H and O–H groups in total. The molecule has 3 aromatic rings. The minimum absolute atomic E-state index is 0.182. The summed E-state index contributed by atoms with van der Waals surface area (Å²) in [5.74, 6) is 0.188. The number of aromatic amines is 1. The highest BCUT2D eigenvalue weighted by Crippen LogP contribution is 2.24. The molecular formula is C17H17N5O2S. The molecule has 3 rings (SSSR count). The van der Waals surface area contributed by atoms with Gasteiger partial charge in [0.15, 0.2) is 17.3 Å². The van der Waals surface area contributed by atoms with Gasteiger partial charge in [-0.15, -0.1) is 0 Å². The predicted molar refractivity (Wildman–Crippen MR) is 99.9 cm³/mol. The molecule has 0 radical (unpaired) electrons. The van der Waals surface area contributed by atoms with Gasteiger partial charge in [0.2, 0.25) is 4.77 Å². The van der Waals surface area contributed by atoms with Crippen LogP contribution in [-0.4, -0.2) is 45.4 Å². The molecule has 0 fully saturated rings. The average molecular weight is 355 g/mol. The molecule has 0 unspecified atom stereocenters. The van der Waals surface area contributed by atoms with E-state index >= 15 is 0 Å². The van der Waals surface area contributed by atoms with Crippen LogP contribution in [0.15, 0.2) is 47.6 Å². The van der Waals surface area contributed by atoms with E-state index in [1.807, 2.05) is 43.3 Å². The van der Waals surface area contributed by atoms with E-state index < -0.39 is 0 Å². The molecule has 25 heavy (non-hydrogen) atoms. The van der Waals surface area contributed by atoms with Crippen molar-refractivity contribution >= 4 is 24.1 Å². The van der Waals surface area contributed by atoms with Crippen molar-refractivity contribution in [2.24, 2.45) is 5.10 Å². The second-order valence-corrected chi connectivity index (χ2v) is 5.98. The number of rotatable bonds is 4. The van der Waals surface area contributed by atoms with Crippen LogP contribution in [-0.2, 0) is 0 Å². The minimum atomic E-state index is -0.209. The monoisotopic (exact) mass is 355 g/mol. The van der Waals surface area contributed by atoms with Gasteiger partial charge in [0.05, 0.1) is 6.21 Å². The van der Waals surface area contributed by atoms with Gasteiger partial charge in [-0.25, -0.2) is 5.10 Å². The first-order valence-corrected chi connectivity index (χ1v) is 7.88. The van der Waals surface area contributed by atoms with E-state index in [1.54, 1.807) is 6.07 Å². The summed E-state index contributed by atoms with van der Waals surface area (Å²) >= 11 is 5.24. The van der Waals surface area contributed by atoms with Gasteiger partial charge in [-0.05, 0) is 60.2 Å². The fraction of sp³-hybridized carbons (Fsp3) is 0.118. The van der Waals surface area contributed by atoms with Crippen molar-refractivity contribution in [3.63, 3.8) is 0 Å². The molecular weight excluding hydrogens is 338 g/mol. The number of phenols is 2. The third-order valence-electron chi connectivity index (χ3n) is 3.61. The average Bonchev–Trinajstić information content (AvgIpc) is 2.97. The van der Waals surface area contributed by atoms with Crippen LogP contribution in [0.1, 0.15) is 5.56 Å². The van der Waals surface area contributed by atoms with E-state index in [-0.39, 0.29) is 11.5 Å². The van der Waals surface area contributed by atoms with Crippen molar-refractivity contribution < 1.29 is 10.2 Å². The number of H-pyrrole nitrogens is 1. The largest absolute Gasteiger partial charge is 0.504 e. The van der Waals surface area contributed by atoms with Crippen LogP contribution in [0.25, 0.3) is 11.4 Å². The Hall–Kier alpha value is -3.13. The molecule has 0 spiro atoms. The highest BCUT2D eigenvalue weighted by Gasteiger charge is 2.08. The van der Waals surface area contributed by atoms with E-state index in [9.17, 15) is 10.2 Å². The lowest BCUT2D eigenvalue weighted by Gasteiger charge is -2.12. The van der Waals surface area contributed by atoms with Gasteiger partial charge >= 0.3 is 0 Å². The van der Waals surface area contributed by atoms with Crippen molar-refractivity contribution in [1.29, 1.82) is 0 Å². The Kier molecular flexibility index (Phi) is 4.53. The van der Waals surface area contributed by atoms with Crippen molar-refractivity contribution in [1.82, 2.24) is 14.9 Å². The lowest BCUT2D eigenvalue weighted by Crippen LogP contribution is -2.08. The Bertz CT molecular complexity index is 973. The van der Waals surface area contributed by atoms with Crippen LogP contribution in [0.3, 0.4) is 0 Å². The lowest BCUT2D eigenvalue weighted by molar-refractivity contribution is 0.403. The Morgan fingerprint density at radius 1 is 1.12 bits per heavy atom. The summed E-state index contributed by atoms with van der Waals surface area (Å²) in [4.78, 5) is 2.01. The predicted octanol–water partition coefficient (Wildman–Crippen LogP) is 2.97. The van der Waals surface area contributed by atoms with Gasteiger partial charge in [-0.1, -0.05) is 0 Å². The number of aromatic nitrogens is 3. The molecule has 0 aliphatic rings. The van der Waals surface area contributed by atoms with Crippen LogP contribution in [0.5, 0.6) is 11.5 Å². The van der Waals surface area contributed by atoms with Crippen LogP contribution in [0.2, 0.25) is 0 Å². The second-order valence-electron chi connectivity index (χ2n) is 5.60. The maximum absolute atomic E-state index is 9.55. The Morgan fingerprint density at radius 2 is 1.84 bits per heavy atom. The van der Waals surface area contributed by atoms with Gasteiger partial charge in [0.25, 0.3) is 0 Å². The van der Waals surface area contributed by atoms with Crippen LogP contribution >= 0.6 is 12.2 Å². The fourth-order valence-corrected chi connectivity index (χ4v) is 2.42. The van der Waals surface area contributed by atoms with Crippen molar-refractivity contribution in [3.8, 4) is 22.9 Å². The fourth-order valence-electron chi connectivity index (χ4n) is 2.24. The number of hydrogen-bond donors (Lipinski definition) is 3. The lowest BCUT2D eigenvalue weighted by atomic mass is 10.2. The molecule has 0 saturated heterocycles.